The van der Waals surface area contributed by atoms with Crippen LogP contribution in [0.4, 0.5) is 38.0 Å². The topological polar surface area (TPSA) is 122 Å². The second kappa shape index (κ2) is 11.8. The summed E-state index contributed by atoms with van der Waals surface area (Å²) in [6.45, 7) is -0.336. The number of nitrogen functional groups attached to an aromatic ring is 1. The van der Waals surface area contributed by atoms with E-state index in [1.54, 1.807) is 22.7 Å². The van der Waals surface area contributed by atoms with Gasteiger partial charge < -0.3 is 16.2 Å². The summed E-state index contributed by atoms with van der Waals surface area (Å²) < 4.78 is 81.3. The molecular weight excluding hydrogens is 580 g/mol. The maximum absolute atomic E-state index is 13.5. The fourth-order valence-corrected chi connectivity index (χ4v) is 5.41. The molecule has 5 rings (SSSR count). The van der Waals surface area contributed by atoms with Crippen molar-refractivity contribution < 1.29 is 36.2 Å². The van der Waals surface area contributed by atoms with Gasteiger partial charge in [-0.05, 0) is 43.0 Å². The number of likely N-dealkylation sites (tertiary alicyclic amines) is 1. The lowest BCUT2D eigenvalue weighted by molar-refractivity contribution is -0.195. The summed E-state index contributed by atoms with van der Waals surface area (Å²) in [6.07, 6.45) is -4.29. The third-order valence-corrected chi connectivity index (χ3v) is 7.42. The van der Waals surface area contributed by atoms with Crippen molar-refractivity contribution >= 4 is 23.1 Å². The predicted octanol–water partition coefficient (Wildman–Crippen LogP) is 4.82. The third-order valence-electron chi connectivity index (χ3n) is 7.42. The maximum Gasteiger partial charge on any atom is 0.416 e. The summed E-state index contributed by atoms with van der Waals surface area (Å²) in [7, 11) is 0. The van der Waals surface area contributed by atoms with E-state index in [4.69, 9.17) is 10.7 Å². The van der Waals surface area contributed by atoms with Crippen molar-refractivity contribution in [3.8, 4) is 11.3 Å². The standard InChI is InChI=1S/C28H27F6N7O2/c29-27(30,31)19-7-8-36-21(14-19)38-26(43)18-4-2-17(3-5-18)23-24-25(35)37-9-10-41(24)22(39-23)13-16-1-6-20(28(32,33)34)40(15-16)11-12-42/h2-5,7-10,14,16,20,42H,1,6,11-13,15H2,(H2,35,37)(H,36,38,43)/t16-,20-/m1/s1. The number of fused-ring (bicyclic) bond motifs is 1. The van der Waals surface area contributed by atoms with Crippen molar-refractivity contribution in [1.82, 2.24) is 24.3 Å². The van der Waals surface area contributed by atoms with E-state index in [-0.39, 0.29) is 49.2 Å². The molecule has 1 amide bonds. The van der Waals surface area contributed by atoms with Gasteiger partial charge in [-0.3, -0.25) is 14.1 Å². The first-order chi connectivity index (χ1) is 20.3. The molecule has 0 spiro atoms. The number of nitrogens with one attached hydrogen (secondary N) is 1. The molecule has 1 saturated heterocycles. The van der Waals surface area contributed by atoms with Crippen molar-refractivity contribution in [2.45, 2.75) is 37.7 Å². The number of carbonyl (C=O) groups is 1. The Morgan fingerprint density at radius 3 is 2.47 bits per heavy atom. The molecule has 2 atom stereocenters. The molecule has 1 aliphatic rings. The first-order valence-electron chi connectivity index (χ1n) is 13.3. The van der Waals surface area contributed by atoms with Crippen LogP contribution in [0.2, 0.25) is 0 Å². The molecule has 15 heteroatoms. The molecule has 9 nitrogen and oxygen atoms in total. The zero-order chi connectivity index (χ0) is 30.9. The minimum Gasteiger partial charge on any atom is -0.395 e. The number of hydrogen-bond acceptors (Lipinski definition) is 7. The fraction of sp³-hybridized carbons (Fsp3) is 0.357. The number of piperidine rings is 1. The molecule has 1 fully saturated rings. The Balaban J connectivity index is 1.37. The molecule has 0 saturated carbocycles. The van der Waals surface area contributed by atoms with Crippen LogP contribution < -0.4 is 11.1 Å². The van der Waals surface area contributed by atoms with Gasteiger partial charge in [0.05, 0.1) is 12.2 Å². The van der Waals surface area contributed by atoms with E-state index in [1.807, 2.05) is 0 Å². The van der Waals surface area contributed by atoms with Crippen molar-refractivity contribution in [3.63, 3.8) is 0 Å². The molecule has 228 valence electrons. The van der Waals surface area contributed by atoms with Gasteiger partial charge in [-0.2, -0.15) is 26.3 Å². The Morgan fingerprint density at radius 2 is 1.79 bits per heavy atom. The number of amides is 1. The highest BCUT2D eigenvalue weighted by Crippen LogP contribution is 2.36. The quantitative estimate of drug-likeness (QED) is 0.258. The van der Waals surface area contributed by atoms with Crippen molar-refractivity contribution in [2.75, 3.05) is 30.7 Å². The Bertz CT molecular complexity index is 1600. The summed E-state index contributed by atoms with van der Waals surface area (Å²) in [6, 6.07) is 6.08. The van der Waals surface area contributed by atoms with Crippen molar-refractivity contribution in [2.24, 2.45) is 5.92 Å². The number of aromatic nitrogens is 4. The number of hydrogen-bond donors (Lipinski definition) is 3. The van der Waals surface area contributed by atoms with Crippen LogP contribution in [0, 0.1) is 5.92 Å². The zero-order valence-corrected chi connectivity index (χ0v) is 22.5. The number of alkyl halides is 6. The molecule has 0 aliphatic carbocycles. The lowest BCUT2D eigenvalue weighted by Gasteiger charge is -2.40. The first-order valence-corrected chi connectivity index (χ1v) is 13.3. The Kier molecular flexibility index (Phi) is 8.29. The third kappa shape index (κ3) is 6.57. The molecule has 0 radical (unpaired) electrons. The van der Waals surface area contributed by atoms with Crippen molar-refractivity contribution in [1.29, 1.82) is 0 Å². The molecule has 43 heavy (non-hydrogen) atoms. The number of nitrogens with two attached hydrogens (primary N) is 1. The summed E-state index contributed by atoms with van der Waals surface area (Å²) in [4.78, 5) is 26.6. The number of carbonyl (C=O) groups excluding carboxylic acids is 1. The average molecular weight is 608 g/mol. The normalized spacial score (nSPS) is 18.2. The van der Waals surface area contributed by atoms with Gasteiger partial charge in [0, 0.05) is 49.2 Å². The Morgan fingerprint density at radius 1 is 1.05 bits per heavy atom. The number of imidazole rings is 1. The minimum absolute atomic E-state index is 0.0884. The smallest absolute Gasteiger partial charge is 0.395 e. The summed E-state index contributed by atoms with van der Waals surface area (Å²) in [5.41, 5.74) is 6.90. The number of benzene rings is 1. The molecule has 4 N–H and O–H groups in total. The van der Waals surface area contributed by atoms with Crippen LogP contribution in [-0.2, 0) is 12.6 Å². The molecule has 0 unspecified atom stereocenters. The van der Waals surface area contributed by atoms with Crippen molar-refractivity contribution in [3.05, 3.63) is 71.9 Å². The van der Waals surface area contributed by atoms with Gasteiger partial charge in [0.1, 0.15) is 34.7 Å². The number of β-amino-alcohol motifs (C(OH)–C–C–N with tert-alkyl or cyclic N) is 1. The van der Waals surface area contributed by atoms with Crippen LogP contribution in [0.25, 0.3) is 16.8 Å². The van der Waals surface area contributed by atoms with E-state index in [1.165, 1.54) is 23.2 Å². The molecular formula is C28H27F6N7O2. The molecule has 3 aromatic heterocycles. The number of aliphatic hydroxyl groups is 1. The summed E-state index contributed by atoms with van der Waals surface area (Å²) in [5.74, 6) is -0.341. The van der Waals surface area contributed by atoms with Gasteiger partial charge in [-0.1, -0.05) is 12.1 Å². The van der Waals surface area contributed by atoms with Crippen LogP contribution in [0.3, 0.4) is 0 Å². The Labute approximate surface area is 241 Å². The highest BCUT2D eigenvalue weighted by Gasteiger charge is 2.46. The fourth-order valence-electron chi connectivity index (χ4n) is 5.41. The van der Waals surface area contributed by atoms with Crippen LogP contribution in [0.15, 0.2) is 55.0 Å². The lowest BCUT2D eigenvalue weighted by atomic mass is 9.89. The minimum atomic E-state index is -4.59. The number of rotatable bonds is 7. The predicted molar refractivity (Wildman–Crippen MR) is 145 cm³/mol. The van der Waals surface area contributed by atoms with Gasteiger partial charge in [0.25, 0.3) is 5.91 Å². The number of aliphatic hydroxyl groups excluding tert-OH is 1. The number of nitrogens with zero attached hydrogens (tertiary/aromatic N) is 5. The Hall–Kier alpha value is -4.24. The van der Waals surface area contributed by atoms with Crippen LogP contribution in [0.5, 0.6) is 0 Å². The highest BCUT2D eigenvalue weighted by atomic mass is 19.4. The number of pyridine rings is 1. The molecule has 0 bridgehead atoms. The van der Waals surface area contributed by atoms with Gasteiger partial charge in [-0.15, -0.1) is 0 Å². The van der Waals surface area contributed by atoms with Crippen LogP contribution in [-0.4, -0.2) is 67.2 Å². The van der Waals surface area contributed by atoms with E-state index in [0.29, 0.717) is 35.4 Å². The monoisotopic (exact) mass is 607 g/mol. The summed E-state index contributed by atoms with van der Waals surface area (Å²) >= 11 is 0. The zero-order valence-electron chi connectivity index (χ0n) is 22.5. The SMILES string of the molecule is Nc1nccn2c(C[C@H]3CC[C@H](C(F)(F)F)N(CCO)C3)nc(-c3ccc(C(=O)Nc4cc(C(F)(F)F)ccn4)cc3)c12. The van der Waals surface area contributed by atoms with E-state index in [2.05, 4.69) is 15.3 Å². The van der Waals surface area contributed by atoms with Gasteiger partial charge in [-0.25, -0.2) is 15.0 Å². The van der Waals surface area contributed by atoms with Gasteiger partial charge >= 0.3 is 12.4 Å². The number of anilines is 2. The lowest BCUT2D eigenvalue weighted by Crippen LogP contribution is -2.52. The molecule has 4 heterocycles. The van der Waals surface area contributed by atoms with E-state index in [9.17, 15) is 36.2 Å². The molecule has 4 aromatic rings. The molecule has 1 aliphatic heterocycles. The largest absolute Gasteiger partial charge is 0.416 e. The number of halogens is 6. The van der Waals surface area contributed by atoms with Gasteiger partial charge in [0.2, 0.25) is 0 Å². The van der Waals surface area contributed by atoms with E-state index < -0.39 is 29.9 Å². The first kappa shape index (κ1) is 30.2. The highest BCUT2D eigenvalue weighted by molar-refractivity contribution is 6.04. The summed E-state index contributed by atoms with van der Waals surface area (Å²) in [5, 5.41) is 11.7. The van der Waals surface area contributed by atoms with E-state index in [0.717, 1.165) is 18.3 Å². The second-order valence-electron chi connectivity index (χ2n) is 10.3. The second-order valence-corrected chi connectivity index (χ2v) is 10.3. The maximum atomic E-state index is 13.5. The van der Waals surface area contributed by atoms with E-state index >= 15 is 0 Å². The van der Waals surface area contributed by atoms with Crippen LogP contribution in [0.1, 0.15) is 34.6 Å². The average Bonchev–Trinajstić information content (AvgIpc) is 3.32. The van der Waals surface area contributed by atoms with Crippen LogP contribution >= 0.6 is 0 Å². The molecule has 1 aromatic carbocycles. The van der Waals surface area contributed by atoms with Gasteiger partial charge in [0.15, 0.2) is 0 Å².